The zero-order valence-corrected chi connectivity index (χ0v) is 9.08. The Morgan fingerprint density at radius 2 is 2.07 bits per heavy atom. The maximum atomic E-state index is 11.1. The van der Waals surface area contributed by atoms with Gasteiger partial charge in [0.25, 0.3) is 0 Å². The lowest BCUT2D eigenvalue weighted by atomic mass is 10.0. The SMILES string of the molecule is C#CCN[C@@H](C)c1ccc(C(C)=O)cc1. The smallest absolute Gasteiger partial charge is 0.159 e. The van der Waals surface area contributed by atoms with Crippen LogP contribution >= 0.6 is 0 Å². The first-order valence-corrected chi connectivity index (χ1v) is 4.93. The van der Waals surface area contributed by atoms with E-state index in [0.717, 1.165) is 11.1 Å². The first-order chi connectivity index (χ1) is 7.15. The minimum atomic E-state index is 0.0887. The van der Waals surface area contributed by atoms with Crippen molar-refractivity contribution in [2.75, 3.05) is 6.54 Å². The predicted molar refractivity (Wildman–Crippen MR) is 61.7 cm³/mol. The summed E-state index contributed by atoms with van der Waals surface area (Å²) in [7, 11) is 0. The van der Waals surface area contributed by atoms with Crippen LogP contribution in [0.4, 0.5) is 0 Å². The Balaban J connectivity index is 2.71. The minimum absolute atomic E-state index is 0.0887. The van der Waals surface area contributed by atoms with E-state index in [-0.39, 0.29) is 11.8 Å². The molecule has 0 bridgehead atoms. The van der Waals surface area contributed by atoms with Gasteiger partial charge >= 0.3 is 0 Å². The standard InChI is InChI=1S/C13H15NO/c1-4-9-14-10(2)12-5-7-13(8-6-12)11(3)15/h1,5-8,10,14H,9H2,2-3H3/t10-/m0/s1. The Kier molecular flexibility index (Phi) is 4.08. The minimum Gasteiger partial charge on any atom is -0.300 e. The van der Waals surface area contributed by atoms with Gasteiger partial charge in [-0.05, 0) is 19.4 Å². The lowest BCUT2D eigenvalue weighted by molar-refractivity contribution is 0.101. The van der Waals surface area contributed by atoms with Gasteiger partial charge in [0.2, 0.25) is 0 Å². The van der Waals surface area contributed by atoms with Crippen LogP contribution in [0.25, 0.3) is 0 Å². The van der Waals surface area contributed by atoms with E-state index in [9.17, 15) is 4.79 Å². The molecule has 1 atom stereocenters. The summed E-state index contributed by atoms with van der Waals surface area (Å²) >= 11 is 0. The number of rotatable bonds is 4. The number of carbonyl (C=O) groups is 1. The number of terminal acetylenes is 1. The number of nitrogens with one attached hydrogen (secondary N) is 1. The third-order valence-corrected chi connectivity index (χ3v) is 2.33. The van der Waals surface area contributed by atoms with Crippen molar-refractivity contribution in [2.45, 2.75) is 19.9 Å². The van der Waals surface area contributed by atoms with Crippen LogP contribution in [0.3, 0.4) is 0 Å². The Labute approximate surface area is 90.7 Å². The first-order valence-electron chi connectivity index (χ1n) is 4.93. The Bertz CT molecular complexity index is 373. The average Bonchev–Trinajstić information content (AvgIpc) is 2.26. The molecule has 0 aliphatic rings. The summed E-state index contributed by atoms with van der Waals surface area (Å²) in [5, 5.41) is 3.18. The van der Waals surface area contributed by atoms with Crippen LogP contribution in [-0.4, -0.2) is 12.3 Å². The summed E-state index contributed by atoms with van der Waals surface area (Å²) < 4.78 is 0. The van der Waals surface area contributed by atoms with Gasteiger partial charge in [0.15, 0.2) is 5.78 Å². The van der Waals surface area contributed by atoms with Gasteiger partial charge in [0, 0.05) is 11.6 Å². The third kappa shape index (κ3) is 3.23. The molecule has 1 rings (SSSR count). The second-order valence-electron chi connectivity index (χ2n) is 3.48. The van der Waals surface area contributed by atoms with E-state index in [1.807, 2.05) is 31.2 Å². The van der Waals surface area contributed by atoms with E-state index >= 15 is 0 Å². The molecule has 2 heteroatoms. The highest BCUT2D eigenvalue weighted by Gasteiger charge is 2.04. The fourth-order valence-corrected chi connectivity index (χ4v) is 1.34. The molecule has 0 unspecified atom stereocenters. The maximum absolute atomic E-state index is 11.1. The van der Waals surface area contributed by atoms with Crippen LogP contribution < -0.4 is 5.32 Å². The molecule has 0 radical (unpaired) electrons. The first kappa shape index (κ1) is 11.5. The highest BCUT2D eigenvalue weighted by molar-refractivity contribution is 5.94. The van der Waals surface area contributed by atoms with E-state index < -0.39 is 0 Å². The summed E-state index contributed by atoms with van der Waals surface area (Å²) in [6.45, 7) is 4.16. The van der Waals surface area contributed by atoms with Crippen molar-refractivity contribution in [1.29, 1.82) is 0 Å². The van der Waals surface area contributed by atoms with Gasteiger partial charge in [-0.25, -0.2) is 0 Å². The summed E-state index contributed by atoms with van der Waals surface area (Å²) in [6, 6.07) is 7.79. The largest absolute Gasteiger partial charge is 0.300 e. The zero-order valence-electron chi connectivity index (χ0n) is 9.08. The molecule has 0 amide bonds. The normalized spacial score (nSPS) is 11.8. The molecule has 0 saturated heterocycles. The quantitative estimate of drug-likeness (QED) is 0.597. The Hall–Kier alpha value is -1.59. The van der Waals surface area contributed by atoms with E-state index in [2.05, 4.69) is 11.2 Å². The van der Waals surface area contributed by atoms with Crippen molar-refractivity contribution >= 4 is 5.78 Å². The summed E-state index contributed by atoms with van der Waals surface area (Å²) in [5.74, 6) is 2.62. The number of hydrogen-bond donors (Lipinski definition) is 1. The Morgan fingerprint density at radius 3 is 2.53 bits per heavy atom. The van der Waals surface area contributed by atoms with Gasteiger partial charge in [-0.3, -0.25) is 10.1 Å². The summed E-state index contributed by atoms with van der Waals surface area (Å²) in [5.41, 5.74) is 1.87. The van der Waals surface area contributed by atoms with Crippen LogP contribution in [0.5, 0.6) is 0 Å². The van der Waals surface area contributed by atoms with Gasteiger partial charge in [-0.2, -0.15) is 0 Å². The zero-order chi connectivity index (χ0) is 11.3. The van der Waals surface area contributed by atoms with Crippen molar-refractivity contribution in [3.05, 3.63) is 35.4 Å². The number of Topliss-reactive ketones (excluding diaryl/α,β-unsaturated/α-hetero) is 1. The predicted octanol–water partition coefficient (Wildman–Crippen LogP) is 2.17. The monoisotopic (exact) mass is 201 g/mol. The van der Waals surface area contributed by atoms with Crippen molar-refractivity contribution in [3.8, 4) is 12.3 Å². The summed E-state index contributed by atoms with van der Waals surface area (Å²) in [4.78, 5) is 11.1. The molecular formula is C13H15NO. The fraction of sp³-hybridized carbons (Fsp3) is 0.308. The van der Waals surface area contributed by atoms with E-state index in [1.54, 1.807) is 6.92 Å². The second-order valence-corrected chi connectivity index (χ2v) is 3.48. The molecule has 0 heterocycles. The van der Waals surface area contributed by atoms with Crippen molar-refractivity contribution in [1.82, 2.24) is 5.32 Å². The van der Waals surface area contributed by atoms with Crippen molar-refractivity contribution < 1.29 is 4.79 Å². The lowest BCUT2D eigenvalue weighted by Crippen LogP contribution is -2.18. The molecule has 15 heavy (non-hydrogen) atoms. The summed E-state index contributed by atoms with van der Waals surface area (Å²) in [6.07, 6.45) is 5.16. The third-order valence-electron chi connectivity index (χ3n) is 2.33. The Morgan fingerprint density at radius 1 is 1.47 bits per heavy atom. The molecule has 1 aromatic rings. The fourth-order valence-electron chi connectivity index (χ4n) is 1.34. The van der Waals surface area contributed by atoms with Crippen LogP contribution in [0, 0.1) is 12.3 Å². The lowest BCUT2D eigenvalue weighted by Gasteiger charge is -2.12. The maximum Gasteiger partial charge on any atom is 0.159 e. The molecule has 0 saturated carbocycles. The number of benzene rings is 1. The number of ketones is 1. The molecule has 0 fully saturated rings. The molecule has 0 aliphatic carbocycles. The molecule has 0 aromatic heterocycles. The van der Waals surface area contributed by atoms with E-state index in [1.165, 1.54) is 0 Å². The molecule has 0 aliphatic heterocycles. The van der Waals surface area contributed by atoms with Crippen LogP contribution in [0.1, 0.15) is 35.8 Å². The average molecular weight is 201 g/mol. The van der Waals surface area contributed by atoms with Crippen molar-refractivity contribution in [2.24, 2.45) is 0 Å². The highest BCUT2D eigenvalue weighted by atomic mass is 16.1. The molecule has 2 nitrogen and oxygen atoms in total. The van der Waals surface area contributed by atoms with Gasteiger partial charge in [-0.15, -0.1) is 6.42 Å². The molecule has 0 spiro atoms. The molecule has 78 valence electrons. The van der Waals surface area contributed by atoms with Crippen LogP contribution in [-0.2, 0) is 0 Å². The van der Waals surface area contributed by atoms with Crippen molar-refractivity contribution in [3.63, 3.8) is 0 Å². The van der Waals surface area contributed by atoms with Crippen LogP contribution in [0.15, 0.2) is 24.3 Å². The van der Waals surface area contributed by atoms with Gasteiger partial charge < -0.3 is 0 Å². The molecule has 1 aromatic carbocycles. The molecule has 1 N–H and O–H groups in total. The van der Waals surface area contributed by atoms with Gasteiger partial charge in [0.1, 0.15) is 0 Å². The number of hydrogen-bond acceptors (Lipinski definition) is 2. The second kappa shape index (κ2) is 5.33. The highest BCUT2D eigenvalue weighted by Crippen LogP contribution is 2.13. The van der Waals surface area contributed by atoms with Crippen LogP contribution in [0.2, 0.25) is 0 Å². The number of carbonyl (C=O) groups excluding carboxylic acids is 1. The topological polar surface area (TPSA) is 29.1 Å². The molecular weight excluding hydrogens is 186 g/mol. The van der Waals surface area contributed by atoms with E-state index in [0.29, 0.717) is 6.54 Å². The van der Waals surface area contributed by atoms with Gasteiger partial charge in [-0.1, -0.05) is 30.2 Å². The van der Waals surface area contributed by atoms with Gasteiger partial charge in [0.05, 0.1) is 6.54 Å². The van der Waals surface area contributed by atoms with E-state index in [4.69, 9.17) is 6.42 Å².